The highest BCUT2D eigenvalue weighted by molar-refractivity contribution is 8.00. The number of amides is 1. The minimum atomic E-state index is -2.98. The van der Waals surface area contributed by atoms with Gasteiger partial charge in [0.1, 0.15) is 0 Å². The van der Waals surface area contributed by atoms with E-state index in [1.165, 1.54) is 11.8 Å². The molecule has 21 heavy (non-hydrogen) atoms. The largest absolute Gasteiger partial charge is 0.416 e. The molecule has 1 aliphatic carbocycles. The van der Waals surface area contributed by atoms with E-state index in [-0.39, 0.29) is 28.6 Å². The maximum atomic E-state index is 11.8. The van der Waals surface area contributed by atoms with E-state index in [9.17, 15) is 13.2 Å². The van der Waals surface area contributed by atoms with Crippen molar-refractivity contribution in [1.29, 1.82) is 0 Å². The van der Waals surface area contributed by atoms with Crippen LogP contribution in [0.25, 0.3) is 0 Å². The van der Waals surface area contributed by atoms with Crippen molar-refractivity contribution in [2.75, 3.05) is 11.5 Å². The summed E-state index contributed by atoms with van der Waals surface area (Å²) in [5.41, 5.74) is 0. The van der Waals surface area contributed by atoms with Crippen LogP contribution in [0.15, 0.2) is 9.64 Å². The Balaban J connectivity index is 1.58. The van der Waals surface area contributed by atoms with Gasteiger partial charge in [-0.1, -0.05) is 11.8 Å². The number of rotatable bonds is 5. The zero-order valence-corrected chi connectivity index (χ0v) is 13.2. The van der Waals surface area contributed by atoms with Gasteiger partial charge in [0.05, 0.1) is 22.7 Å². The van der Waals surface area contributed by atoms with E-state index in [4.69, 9.17) is 4.42 Å². The van der Waals surface area contributed by atoms with Crippen molar-refractivity contribution in [3.8, 4) is 0 Å². The van der Waals surface area contributed by atoms with Gasteiger partial charge in [-0.2, -0.15) is 0 Å². The van der Waals surface area contributed by atoms with Crippen LogP contribution >= 0.6 is 11.8 Å². The molecule has 0 spiro atoms. The van der Waals surface area contributed by atoms with Crippen molar-refractivity contribution in [3.63, 3.8) is 0 Å². The summed E-state index contributed by atoms with van der Waals surface area (Å²) >= 11 is 1.20. The minimum absolute atomic E-state index is 0.0364. The SMILES string of the molecule is C[C@@H](Sc1nnc([C@@H]2CCS(=O)(=O)C2)o1)C(=O)NC1CC1. The van der Waals surface area contributed by atoms with Crippen molar-refractivity contribution in [2.24, 2.45) is 0 Å². The normalized spacial score (nSPS) is 25.7. The Bertz CT molecular complexity index is 639. The molecule has 1 aromatic heterocycles. The highest BCUT2D eigenvalue weighted by Gasteiger charge is 2.33. The van der Waals surface area contributed by atoms with Gasteiger partial charge in [-0.3, -0.25) is 4.79 Å². The molecule has 3 rings (SSSR count). The van der Waals surface area contributed by atoms with E-state index in [1.54, 1.807) is 6.92 Å². The van der Waals surface area contributed by atoms with Gasteiger partial charge in [0, 0.05) is 6.04 Å². The van der Waals surface area contributed by atoms with Gasteiger partial charge < -0.3 is 9.73 Å². The molecule has 116 valence electrons. The summed E-state index contributed by atoms with van der Waals surface area (Å²) in [6.07, 6.45) is 2.61. The molecular weight excluding hydrogens is 314 g/mol. The second-order valence-corrected chi connectivity index (χ2v) is 9.07. The third kappa shape index (κ3) is 3.76. The van der Waals surface area contributed by atoms with Crippen molar-refractivity contribution in [2.45, 2.75) is 48.6 Å². The number of carbonyl (C=O) groups is 1. The highest BCUT2D eigenvalue weighted by Crippen LogP contribution is 2.31. The molecule has 1 N–H and O–H groups in total. The molecule has 0 unspecified atom stereocenters. The van der Waals surface area contributed by atoms with Crippen molar-refractivity contribution in [1.82, 2.24) is 15.5 Å². The molecule has 0 bridgehead atoms. The van der Waals surface area contributed by atoms with Crippen LogP contribution in [0, 0.1) is 0 Å². The summed E-state index contributed by atoms with van der Waals surface area (Å²) in [4.78, 5) is 11.8. The first kappa shape index (κ1) is 14.8. The number of hydrogen-bond acceptors (Lipinski definition) is 7. The van der Waals surface area contributed by atoms with E-state index >= 15 is 0 Å². The van der Waals surface area contributed by atoms with Crippen molar-refractivity contribution in [3.05, 3.63) is 5.89 Å². The van der Waals surface area contributed by atoms with Crippen LogP contribution in [0.4, 0.5) is 0 Å². The number of carbonyl (C=O) groups excluding carboxylic acids is 1. The van der Waals surface area contributed by atoms with Gasteiger partial charge in [-0.15, -0.1) is 10.2 Å². The molecule has 1 saturated carbocycles. The second-order valence-electron chi connectivity index (χ2n) is 5.55. The zero-order valence-electron chi connectivity index (χ0n) is 11.6. The van der Waals surface area contributed by atoms with Gasteiger partial charge in [0.25, 0.3) is 5.22 Å². The second kappa shape index (κ2) is 5.60. The monoisotopic (exact) mass is 331 g/mol. The summed E-state index contributed by atoms with van der Waals surface area (Å²) < 4.78 is 28.4. The highest BCUT2D eigenvalue weighted by atomic mass is 32.2. The van der Waals surface area contributed by atoms with Crippen LogP contribution in [0.1, 0.15) is 38.0 Å². The topological polar surface area (TPSA) is 102 Å². The molecule has 2 heterocycles. The number of hydrogen-bond donors (Lipinski definition) is 1. The molecule has 1 aromatic rings. The number of sulfone groups is 1. The molecule has 2 atom stereocenters. The quantitative estimate of drug-likeness (QED) is 0.793. The van der Waals surface area contributed by atoms with E-state index in [0.29, 0.717) is 23.6 Å². The number of aromatic nitrogens is 2. The molecule has 1 amide bonds. The Morgan fingerprint density at radius 2 is 2.14 bits per heavy atom. The fourth-order valence-electron chi connectivity index (χ4n) is 2.17. The molecule has 2 aliphatic rings. The Labute approximate surface area is 127 Å². The van der Waals surface area contributed by atoms with Gasteiger partial charge in [-0.05, 0) is 26.2 Å². The van der Waals surface area contributed by atoms with Crippen molar-refractivity contribution < 1.29 is 17.6 Å². The van der Waals surface area contributed by atoms with Crippen molar-refractivity contribution >= 4 is 27.5 Å². The van der Waals surface area contributed by atoms with E-state index < -0.39 is 9.84 Å². The molecule has 2 fully saturated rings. The minimum Gasteiger partial charge on any atom is -0.416 e. The fourth-order valence-corrected chi connectivity index (χ4v) is 4.61. The van der Waals surface area contributed by atoms with E-state index in [0.717, 1.165) is 12.8 Å². The molecular formula is C12H17N3O4S2. The predicted octanol–water partition coefficient (Wildman–Crippen LogP) is 0.731. The Hall–Kier alpha value is -1.09. The lowest BCUT2D eigenvalue weighted by molar-refractivity contribution is -0.120. The smallest absolute Gasteiger partial charge is 0.277 e. The first-order chi connectivity index (χ1) is 9.93. The Morgan fingerprint density at radius 1 is 1.38 bits per heavy atom. The number of thioether (sulfide) groups is 1. The Morgan fingerprint density at radius 3 is 2.76 bits per heavy atom. The molecule has 1 saturated heterocycles. The summed E-state index contributed by atoms with van der Waals surface area (Å²) in [6, 6.07) is 0.322. The van der Waals surface area contributed by atoms with Crippen LogP contribution in [0.2, 0.25) is 0 Å². The van der Waals surface area contributed by atoms with Gasteiger partial charge >= 0.3 is 0 Å². The summed E-state index contributed by atoms with van der Waals surface area (Å²) in [5.74, 6) is 0.339. The van der Waals surface area contributed by atoms with Gasteiger partial charge in [0.2, 0.25) is 11.8 Å². The Kier molecular flexibility index (Phi) is 3.96. The summed E-state index contributed by atoms with van der Waals surface area (Å²) in [6.45, 7) is 1.78. The maximum absolute atomic E-state index is 11.8. The summed E-state index contributed by atoms with van der Waals surface area (Å²) in [7, 11) is -2.98. The van der Waals surface area contributed by atoms with Crippen LogP contribution < -0.4 is 5.32 Å². The summed E-state index contributed by atoms with van der Waals surface area (Å²) in [5, 5.41) is 10.7. The maximum Gasteiger partial charge on any atom is 0.277 e. The lowest BCUT2D eigenvalue weighted by Gasteiger charge is -2.08. The molecule has 0 radical (unpaired) electrons. The third-order valence-corrected chi connectivity index (χ3v) is 6.28. The van der Waals surface area contributed by atoms with Gasteiger partial charge in [0.15, 0.2) is 9.84 Å². The van der Waals surface area contributed by atoms with E-state index in [2.05, 4.69) is 15.5 Å². The zero-order chi connectivity index (χ0) is 15.0. The lowest BCUT2D eigenvalue weighted by Crippen LogP contribution is -2.32. The van der Waals surface area contributed by atoms with Crippen LogP contribution in [-0.2, 0) is 14.6 Å². The molecule has 1 aliphatic heterocycles. The lowest BCUT2D eigenvalue weighted by atomic mass is 10.1. The molecule has 7 nitrogen and oxygen atoms in total. The number of nitrogens with zero attached hydrogens (tertiary/aromatic N) is 2. The van der Waals surface area contributed by atoms with Crippen LogP contribution in [-0.4, -0.2) is 47.3 Å². The number of nitrogens with one attached hydrogen (secondary N) is 1. The average molecular weight is 331 g/mol. The standard InChI is InChI=1S/C12H17N3O4S2/c1-7(10(16)13-9-2-3-9)20-12-15-14-11(19-12)8-4-5-21(17,18)6-8/h7-9H,2-6H2,1H3,(H,13,16)/t7-,8-/m1/s1. The van der Waals surface area contributed by atoms with Crippen LogP contribution in [0.5, 0.6) is 0 Å². The molecule has 9 heteroatoms. The predicted molar refractivity (Wildman–Crippen MR) is 76.8 cm³/mol. The van der Waals surface area contributed by atoms with Gasteiger partial charge in [-0.25, -0.2) is 8.42 Å². The first-order valence-corrected chi connectivity index (χ1v) is 9.64. The van der Waals surface area contributed by atoms with Crippen LogP contribution in [0.3, 0.4) is 0 Å². The first-order valence-electron chi connectivity index (χ1n) is 6.94. The fraction of sp³-hybridized carbons (Fsp3) is 0.750. The van der Waals surface area contributed by atoms with E-state index in [1.807, 2.05) is 0 Å². The molecule has 0 aromatic carbocycles. The third-order valence-electron chi connectivity index (χ3n) is 3.57. The average Bonchev–Trinajstić information content (AvgIpc) is 2.97.